The fourth-order valence-electron chi connectivity index (χ4n) is 0.844. The molecule has 0 unspecified atom stereocenters. The molecule has 74 valence electrons. The summed E-state index contributed by atoms with van der Waals surface area (Å²) in [5, 5.41) is 8.65. The number of allylic oxidation sites excluding steroid dienone is 1. The largest absolute Gasteiger partial charge is 0.477 e. The Morgan fingerprint density at radius 2 is 2.43 bits per heavy atom. The SMILES string of the molecule is CC=CCOc1cccc(C(=O)O)n1. The highest BCUT2D eigenvalue weighted by Crippen LogP contribution is 2.07. The van der Waals surface area contributed by atoms with Gasteiger partial charge in [-0.3, -0.25) is 0 Å². The molecule has 4 heteroatoms. The molecule has 1 aromatic rings. The van der Waals surface area contributed by atoms with Crippen molar-refractivity contribution in [1.29, 1.82) is 0 Å². The Morgan fingerprint density at radius 1 is 1.64 bits per heavy atom. The van der Waals surface area contributed by atoms with Crippen LogP contribution in [0.3, 0.4) is 0 Å². The van der Waals surface area contributed by atoms with Gasteiger partial charge in [0, 0.05) is 6.07 Å². The van der Waals surface area contributed by atoms with Crippen LogP contribution in [-0.2, 0) is 0 Å². The normalized spacial score (nSPS) is 10.4. The Balaban J connectivity index is 2.68. The third-order valence-electron chi connectivity index (χ3n) is 1.51. The minimum Gasteiger partial charge on any atom is -0.477 e. The Bertz CT molecular complexity index is 347. The lowest BCUT2D eigenvalue weighted by Gasteiger charge is -2.01. The van der Waals surface area contributed by atoms with Crippen LogP contribution in [0.2, 0.25) is 0 Å². The summed E-state index contributed by atoms with van der Waals surface area (Å²) in [6.07, 6.45) is 3.66. The van der Waals surface area contributed by atoms with Gasteiger partial charge < -0.3 is 9.84 Å². The van der Waals surface area contributed by atoms with E-state index in [9.17, 15) is 4.79 Å². The first kappa shape index (κ1) is 10.2. The van der Waals surface area contributed by atoms with E-state index in [1.54, 1.807) is 12.1 Å². The first-order chi connectivity index (χ1) is 6.74. The van der Waals surface area contributed by atoms with Crippen LogP contribution in [0.5, 0.6) is 5.88 Å². The van der Waals surface area contributed by atoms with E-state index >= 15 is 0 Å². The molecule has 0 aromatic carbocycles. The maximum atomic E-state index is 10.6. The van der Waals surface area contributed by atoms with Gasteiger partial charge in [-0.1, -0.05) is 18.2 Å². The Morgan fingerprint density at radius 3 is 3.07 bits per heavy atom. The smallest absolute Gasteiger partial charge is 0.354 e. The highest BCUT2D eigenvalue weighted by Gasteiger charge is 2.04. The number of nitrogens with zero attached hydrogens (tertiary/aromatic N) is 1. The van der Waals surface area contributed by atoms with Crippen LogP contribution >= 0.6 is 0 Å². The number of pyridine rings is 1. The molecule has 1 N–H and O–H groups in total. The third kappa shape index (κ3) is 2.90. The molecule has 0 spiro atoms. The zero-order valence-corrected chi connectivity index (χ0v) is 7.80. The molecule has 0 atom stereocenters. The van der Waals surface area contributed by atoms with Crippen molar-refractivity contribution in [2.45, 2.75) is 6.92 Å². The molecule has 0 amide bonds. The molecule has 1 aromatic heterocycles. The number of aromatic nitrogens is 1. The van der Waals surface area contributed by atoms with Crippen molar-refractivity contribution in [2.24, 2.45) is 0 Å². The maximum Gasteiger partial charge on any atom is 0.354 e. The van der Waals surface area contributed by atoms with E-state index in [-0.39, 0.29) is 5.69 Å². The Hall–Kier alpha value is -1.84. The van der Waals surface area contributed by atoms with E-state index in [0.29, 0.717) is 12.5 Å². The number of hydrogen-bond donors (Lipinski definition) is 1. The Kier molecular flexibility index (Phi) is 3.67. The summed E-state index contributed by atoms with van der Waals surface area (Å²) in [4.78, 5) is 14.3. The molecule has 0 radical (unpaired) electrons. The number of carboxylic acid groups (broad SMARTS) is 1. The second-order valence-corrected chi connectivity index (χ2v) is 2.55. The van der Waals surface area contributed by atoms with Crippen LogP contribution < -0.4 is 4.74 Å². The van der Waals surface area contributed by atoms with E-state index in [0.717, 1.165) is 0 Å². The first-order valence-corrected chi connectivity index (χ1v) is 4.18. The number of carbonyl (C=O) groups is 1. The van der Waals surface area contributed by atoms with Gasteiger partial charge in [0.25, 0.3) is 0 Å². The number of aromatic carboxylic acids is 1. The first-order valence-electron chi connectivity index (χ1n) is 4.18. The zero-order chi connectivity index (χ0) is 10.4. The van der Waals surface area contributed by atoms with Gasteiger partial charge in [0.2, 0.25) is 5.88 Å². The van der Waals surface area contributed by atoms with Crippen molar-refractivity contribution >= 4 is 5.97 Å². The quantitative estimate of drug-likeness (QED) is 0.740. The molecule has 1 heterocycles. The third-order valence-corrected chi connectivity index (χ3v) is 1.51. The highest BCUT2D eigenvalue weighted by atomic mass is 16.5. The monoisotopic (exact) mass is 193 g/mol. The molecule has 0 fully saturated rings. The summed E-state index contributed by atoms with van der Waals surface area (Å²) in [7, 11) is 0. The fraction of sp³-hybridized carbons (Fsp3) is 0.200. The van der Waals surface area contributed by atoms with Crippen LogP contribution in [-0.4, -0.2) is 22.7 Å². The maximum absolute atomic E-state index is 10.6. The summed E-state index contributed by atoms with van der Waals surface area (Å²) >= 11 is 0. The second-order valence-electron chi connectivity index (χ2n) is 2.55. The molecule has 0 aliphatic carbocycles. The summed E-state index contributed by atoms with van der Waals surface area (Å²) in [5.74, 6) is -0.732. The summed E-state index contributed by atoms with van der Waals surface area (Å²) in [6.45, 7) is 2.27. The Labute approximate surface area is 81.9 Å². The van der Waals surface area contributed by atoms with E-state index < -0.39 is 5.97 Å². The fourth-order valence-corrected chi connectivity index (χ4v) is 0.844. The molecule has 1 rings (SSSR count). The summed E-state index contributed by atoms with van der Waals surface area (Å²) in [5.41, 5.74) is -0.0111. The molecular weight excluding hydrogens is 182 g/mol. The number of carboxylic acids is 1. The average molecular weight is 193 g/mol. The topological polar surface area (TPSA) is 59.4 Å². The standard InChI is InChI=1S/C10H11NO3/c1-2-3-7-14-9-6-4-5-8(11-9)10(12)13/h2-6H,7H2,1H3,(H,12,13). The van der Waals surface area contributed by atoms with Crippen molar-refractivity contribution in [3.05, 3.63) is 36.0 Å². The molecule has 14 heavy (non-hydrogen) atoms. The molecule has 0 saturated carbocycles. The minimum atomic E-state index is -1.05. The van der Waals surface area contributed by atoms with E-state index in [2.05, 4.69) is 4.98 Å². The molecular formula is C10H11NO3. The lowest BCUT2D eigenvalue weighted by molar-refractivity contribution is 0.0689. The van der Waals surface area contributed by atoms with Gasteiger partial charge in [-0.2, -0.15) is 0 Å². The number of rotatable bonds is 4. The van der Waals surface area contributed by atoms with Crippen LogP contribution in [0.4, 0.5) is 0 Å². The number of hydrogen-bond acceptors (Lipinski definition) is 3. The predicted molar refractivity (Wildman–Crippen MR) is 51.5 cm³/mol. The average Bonchev–Trinajstić information content (AvgIpc) is 2.19. The van der Waals surface area contributed by atoms with E-state index in [1.165, 1.54) is 6.07 Å². The van der Waals surface area contributed by atoms with E-state index in [4.69, 9.17) is 9.84 Å². The van der Waals surface area contributed by atoms with Gasteiger partial charge in [0.1, 0.15) is 6.61 Å². The molecule has 0 aliphatic heterocycles. The lowest BCUT2D eigenvalue weighted by atomic mass is 10.3. The van der Waals surface area contributed by atoms with Crippen LogP contribution in [0, 0.1) is 0 Å². The highest BCUT2D eigenvalue weighted by molar-refractivity contribution is 5.85. The predicted octanol–water partition coefficient (Wildman–Crippen LogP) is 1.73. The van der Waals surface area contributed by atoms with Crippen molar-refractivity contribution < 1.29 is 14.6 Å². The second kappa shape index (κ2) is 5.01. The van der Waals surface area contributed by atoms with Crippen molar-refractivity contribution in [3.63, 3.8) is 0 Å². The summed E-state index contributed by atoms with van der Waals surface area (Å²) < 4.78 is 5.18. The van der Waals surface area contributed by atoms with Crippen molar-refractivity contribution in [3.8, 4) is 5.88 Å². The molecule has 0 saturated heterocycles. The molecule has 4 nitrogen and oxygen atoms in total. The lowest BCUT2D eigenvalue weighted by Crippen LogP contribution is -2.02. The molecule has 0 aliphatic rings. The van der Waals surface area contributed by atoms with E-state index in [1.807, 2.05) is 19.1 Å². The zero-order valence-electron chi connectivity index (χ0n) is 7.80. The van der Waals surface area contributed by atoms with Gasteiger partial charge in [0.05, 0.1) is 0 Å². The molecule has 0 bridgehead atoms. The van der Waals surface area contributed by atoms with Crippen molar-refractivity contribution in [1.82, 2.24) is 4.98 Å². The van der Waals surface area contributed by atoms with Crippen LogP contribution in [0.1, 0.15) is 17.4 Å². The van der Waals surface area contributed by atoms with Crippen LogP contribution in [0.15, 0.2) is 30.4 Å². The van der Waals surface area contributed by atoms with Gasteiger partial charge in [-0.05, 0) is 13.0 Å². The van der Waals surface area contributed by atoms with Crippen molar-refractivity contribution in [2.75, 3.05) is 6.61 Å². The van der Waals surface area contributed by atoms with Gasteiger partial charge in [-0.25, -0.2) is 9.78 Å². The van der Waals surface area contributed by atoms with Gasteiger partial charge in [0.15, 0.2) is 5.69 Å². The van der Waals surface area contributed by atoms with Crippen LogP contribution in [0.25, 0.3) is 0 Å². The van der Waals surface area contributed by atoms with Gasteiger partial charge in [-0.15, -0.1) is 0 Å². The van der Waals surface area contributed by atoms with Gasteiger partial charge >= 0.3 is 5.97 Å². The summed E-state index contributed by atoms with van der Waals surface area (Å²) in [6, 6.07) is 4.64. The number of ether oxygens (including phenoxy) is 1. The minimum absolute atomic E-state index is 0.0111.